The molecule has 0 aliphatic rings. The van der Waals surface area contributed by atoms with Crippen molar-refractivity contribution in [2.24, 2.45) is 5.73 Å². The molecule has 1 aromatic carbocycles. The van der Waals surface area contributed by atoms with Gasteiger partial charge in [0, 0.05) is 13.1 Å². The lowest BCUT2D eigenvalue weighted by atomic mass is 10.1. The maximum atomic E-state index is 13.1. The highest BCUT2D eigenvalue weighted by atomic mass is 19.1. The van der Waals surface area contributed by atoms with E-state index in [0.29, 0.717) is 31.6 Å². The van der Waals surface area contributed by atoms with Gasteiger partial charge in [0.25, 0.3) is 0 Å². The summed E-state index contributed by atoms with van der Waals surface area (Å²) in [5.41, 5.74) is 7.07. The second kappa shape index (κ2) is 6.69. The Bertz CT molecular complexity index is 357. The van der Waals surface area contributed by atoms with Crippen LogP contribution in [0.15, 0.2) is 18.2 Å². The number of benzene rings is 1. The van der Waals surface area contributed by atoms with Crippen LogP contribution in [0.4, 0.5) is 4.39 Å². The fourth-order valence-corrected chi connectivity index (χ4v) is 1.82. The van der Waals surface area contributed by atoms with Crippen molar-refractivity contribution in [1.29, 1.82) is 0 Å². The summed E-state index contributed by atoms with van der Waals surface area (Å²) in [6.45, 7) is 3.52. The largest absolute Gasteiger partial charge is 0.392 e. The predicted molar refractivity (Wildman–Crippen MR) is 67.1 cm³/mol. The van der Waals surface area contributed by atoms with Crippen LogP contribution in [0.25, 0.3) is 0 Å². The summed E-state index contributed by atoms with van der Waals surface area (Å²) in [7, 11) is 1.93. The van der Waals surface area contributed by atoms with Gasteiger partial charge in [-0.3, -0.25) is 4.90 Å². The van der Waals surface area contributed by atoms with E-state index in [1.807, 2.05) is 18.0 Å². The van der Waals surface area contributed by atoms with Crippen LogP contribution in [0.3, 0.4) is 0 Å². The molecule has 3 nitrogen and oxygen atoms in total. The molecular formula is C13H21FN2O. The van der Waals surface area contributed by atoms with Gasteiger partial charge in [-0.15, -0.1) is 0 Å². The van der Waals surface area contributed by atoms with Crippen molar-refractivity contribution in [3.05, 3.63) is 35.1 Å². The lowest BCUT2D eigenvalue weighted by Crippen LogP contribution is -2.30. The minimum Gasteiger partial charge on any atom is -0.392 e. The quantitative estimate of drug-likeness (QED) is 0.787. The number of nitrogens with zero attached hydrogens (tertiary/aromatic N) is 1. The van der Waals surface area contributed by atoms with Gasteiger partial charge in [-0.05, 0) is 44.1 Å². The van der Waals surface area contributed by atoms with Gasteiger partial charge in [0.2, 0.25) is 0 Å². The van der Waals surface area contributed by atoms with Crippen LogP contribution in [0, 0.1) is 12.7 Å². The molecule has 3 N–H and O–H groups in total. The molecular weight excluding hydrogens is 219 g/mol. The van der Waals surface area contributed by atoms with E-state index >= 15 is 0 Å². The Kier molecular flexibility index (Phi) is 5.55. The summed E-state index contributed by atoms with van der Waals surface area (Å²) in [6, 6.07) is 5.09. The van der Waals surface area contributed by atoms with Gasteiger partial charge in [-0.2, -0.15) is 0 Å². The first-order valence-corrected chi connectivity index (χ1v) is 5.84. The summed E-state index contributed by atoms with van der Waals surface area (Å²) in [6.07, 6.45) is 0.207. The van der Waals surface area contributed by atoms with Crippen molar-refractivity contribution < 1.29 is 9.50 Å². The average molecular weight is 240 g/mol. The van der Waals surface area contributed by atoms with E-state index in [0.717, 1.165) is 5.56 Å². The second-order valence-electron chi connectivity index (χ2n) is 4.51. The molecule has 4 heteroatoms. The van der Waals surface area contributed by atoms with Crippen LogP contribution in [0.5, 0.6) is 0 Å². The molecule has 17 heavy (non-hydrogen) atoms. The molecule has 1 atom stereocenters. The first kappa shape index (κ1) is 14.1. The zero-order valence-electron chi connectivity index (χ0n) is 10.5. The van der Waals surface area contributed by atoms with Crippen molar-refractivity contribution in [3.8, 4) is 0 Å². The molecule has 0 aromatic heterocycles. The molecule has 0 bridgehead atoms. The summed E-state index contributed by atoms with van der Waals surface area (Å²) in [5.74, 6) is -0.181. The Balaban J connectivity index is 2.50. The summed E-state index contributed by atoms with van der Waals surface area (Å²) in [4.78, 5) is 2.01. The Morgan fingerprint density at radius 1 is 1.47 bits per heavy atom. The van der Waals surface area contributed by atoms with Crippen LogP contribution < -0.4 is 5.73 Å². The van der Waals surface area contributed by atoms with Gasteiger partial charge in [0.05, 0.1) is 6.10 Å². The molecule has 0 amide bonds. The Hall–Kier alpha value is -0.970. The fraction of sp³-hybridized carbons (Fsp3) is 0.538. The van der Waals surface area contributed by atoms with E-state index in [1.54, 1.807) is 13.0 Å². The molecule has 0 saturated heterocycles. The third-order valence-corrected chi connectivity index (χ3v) is 2.70. The number of hydrogen-bond acceptors (Lipinski definition) is 3. The van der Waals surface area contributed by atoms with Crippen molar-refractivity contribution in [2.75, 3.05) is 20.1 Å². The highest BCUT2D eigenvalue weighted by molar-refractivity contribution is 5.23. The van der Waals surface area contributed by atoms with Gasteiger partial charge in [-0.25, -0.2) is 4.39 Å². The van der Waals surface area contributed by atoms with Crippen molar-refractivity contribution in [2.45, 2.75) is 26.0 Å². The van der Waals surface area contributed by atoms with Gasteiger partial charge >= 0.3 is 0 Å². The molecule has 0 spiro atoms. The van der Waals surface area contributed by atoms with Gasteiger partial charge in [-0.1, -0.05) is 12.1 Å². The van der Waals surface area contributed by atoms with E-state index in [9.17, 15) is 9.50 Å². The first-order valence-electron chi connectivity index (χ1n) is 5.84. The van der Waals surface area contributed by atoms with E-state index in [1.165, 1.54) is 6.07 Å². The molecule has 0 aliphatic heterocycles. The number of aliphatic hydroxyl groups excluding tert-OH is 1. The van der Waals surface area contributed by atoms with Crippen LogP contribution in [0.1, 0.15) is 17.5 Å². The summed E-state index contributed by atoms with van der Waals surface area (Å²) >= 11 is 0. The maximum Gasteiger partial charge on any atom is 0.126 e. The third-order valence-electron chi connectivity index (χ3n) is 2.70. The van der Waals surface area contributed by atoms with E-state index in [2.05, 4.69) is 0 Å². The highest BCUT2D eigenvalue weighted by Gasteiger charge is 2.08. The lowest BCUT2D eigenvalue weighted by Gasteiger charge is -2.20. The van der Waals surface area contributed by atoms with Crippen molar-refractivity contribution >= 4 is 0 Å². The molecule has 0 radical (unpaired) electrons. The number of aliphatic hydroxyl groups is 1. The first-order chi connectivity index (χ1) is 8.02. The number of rotatable bonds is 6. The Labute approximate surface area is 102 Å². The lowest BCUT2D eigenvalue weighted by molar-refractivity contribution is 0.117. The molecule has 0 fully saturated rings. The number of nitrogens with two attached hydrogens (primary N) is 1. The summed E-state index contributed by atoms with van der Waals surface area (Å²) in [5, 5.41) is 9.61. The third kappa shape index (κ3) is 4.81. The zero-order chi connectivity index (χ0) is 12.8. The minimum atomic E-state index is -0.397. The fourth-order valence-electron chi connectivity index (χ4n) is 1.82. The molecule has 0 saturated carbocycles. The molecule has 0 heterocycles. The van der Waals surface area contributed by atoms with Gasteiger partial charge in [0.1, 0.15) is 5.82 Å². The normalized spacial score (nSPS) is 13.1. The van der Waals surface area contributed by atoms with Crippen LogP contribution in [0.2, 0.25) is 0 Å². The zero-order valence-corrected chi connectivity index (χ0v) is 10.5. The van der Waals surface area contributed by atoms with Crippen LogP contribution in [-0.4, -0.2) is 36.2 Å². The highest BCUT2D eigenvalue weighted by Crippen LogP contribution is 2.11. The predicted octanol–water partition coefficient (Wildman–Crippen LogP) is 1.28. The van der Waals surface area contributed by atoms with Crippen LogP contribution >= 0.6 is 0 Å². The maximum absolute atomic E-state index is 13.1. The standard InChI is InChI=1S/C13H21FN2O/c1-10-7-11(3-4-13(10)14)8-16(2)9-12(17)5-6-15/h3-4,7,12,17H,5-6,8-9,15H2,1-2H3. The van der Waals surface area contributed by atoms with Crippen molar-refractivity contribution in [3.63, 3.8) is 0 Å². The van der Waals surface area contributed by atoms with Crippen LogP contribution in [-0.2, 0) is 6.54 Å². The Morgan fingerprint density at radius 3 is 2.76 bits per heavy atom. The van der Waals surface area contributed by atoms with E-state index < -0.39 is 6.10 Å². The average Bonchev–Trinajstić information content (AvgIpc) is 2.23. The van der Waals surface area contributed by atoms with Gasteiger partial charge in [0.15, 0.2) is 0 Å². The molecule has 96 valence electrons. The smallest absolute Gasteiger partial charge is 0.126 e. The number of aryl methyl sites for hydroxylation is 1. The minimum absolute atomic E-state index is 0.181. The summed E-state index contributed by atoms with van der Waals surface area (Å²) < 4.78 is 13.1. The number of likely N-dealkylation sites (N-methyl/N-ethyl adjacent to an activating group) is 1. The van der Waals surface area contributed by atoms with E-state index in [4.69, 9.17) is 5.73 Å². The molecule has 0 aliphatic carbocycles. The SMILES string of the molecule is Cc1cc(CN(C)CC(O)CCN)ccc1F. The monoisotopic (exact) mass is 240 g/mol. The second-order valence-corrected chi connectivity index (χ2v) is 4.51. The molecule has 1 unspecified atom stereocenters. The van der Waals surface area contributed by atoms with Crippen molar-refractivity contribution in [1.82, 2.24) is 4.90 Å². The molecule has 1 aromatic rings. The van der Waals surface area contributed by atoms with Gasteiger partial charge < -0.3 is 10.8 Å². The Morgan fingerprint density at radius 2 is 2.18 bits per heavy atom. The molecule has 1 rings (SSSR count). The topological polar surface area (TPSA) is 49.5 Å². The number of halogens is 1. The number of hydrogen-bond donors (Lipinski definition) is 2. The van der Waals surface area contributed by atoms with E-state index in [-0.39, 0.29) is 5.82 Å².